The molecule has 0 aromatic carbocycles. The molecule has 0 bridgehead atoms. The first-order valence-electron chi connectivity index (χ1n) is 5.09. The molecule has 1 aliphatic rings. The minimum absolute atomic E-state index is 0.522. The number of rotatable bonds is 3. The molecule has 0 saturated heterocycles. The molecule has 0 heterocycles. The molecule has 1 nitrogen and oxygen atoms in total. The summed E-state index contributed by atoms with van der Waals surface area (Å²) >= 11 is 0. The lowest BCUT2D eigenvalue weighted by atomic mass is 10.0. The van der Waals surface area contributed by atoms with Crippen LogP contribution in [0.1, 0.15) is 41.5 Å². The molecule has 1 unspecified atom stereocenters. The highest BCUT2D eigenvalue weighted by molar-refractivity contribution is 5.15. The average molecular weight is 169 g/mol. The molecule has 1 atom stereocenters. The van der Waals surface area contributed by atoms with E-state index >= 15 is 0 Å². The fourth-order valence-electron chi connectivity index (χ4n) is 2.94. The molecule has 0 radical (unpaired) electrons. The SMILES string of the molecule is CCNC(C)C1C(C)(C)C1(C)C. The van der Waals surface area contributed by atoms with Gasteiger partial charge >= 0.3 is 0 Å². The molecule has 0 amide bonds. The Morgan fingerprint density at radius 3 is 1.83 bits per heavy atom. The quantitative estimate of drug-likeness (QED) is 0.685. The Balaban J connectivity index is 2.58. The molecule has 1 fully saturated rings. The van der Waals surface area contributed by atoms with Crippen molar-refractivity contribution in [3.63, 3.8) is 0 Å². The van der Waals surface area contributed by atoms with E-state index < -0.39 is 0 Å². The molecule has 1 rings (SSSR count). The summed E-state index contributed by atoms with van der Waals surface area (Å²) in [7, 11) is 0. The van der Waals surface area contributed by atoms with E-state index in [2.05, 4.69) is 46.9 Å². The summed E-state index contributed by atoms with van der Waals surface area (Å²) in [5, 5.41) is 3.52. The van der Waals surface area contributed by atoms with Gasteiger partial charge in [0.05, 0.1) is 0 Å². The first kappa shape index (κ1) is 10.0. The van der Waals surface area contributed by atoms with E-state index in [9.17, 15) is 0 Å². The zero-order valence-electron chi connectivity index (χ0n) is 9.36. The van der Waals surface area contributed by atoms with Crippen LogP contribution < -0.4 is 5.32 Å². The summed E-state index contributed by atoms with van der Waals surface area (Å²) in [6.45, 7) is 15.1. The van der Waals surface area contributed by atoms with E-state index in [4.69, 9.17) is 0 Å². The number of hydrogen-bond donors (Lipinski definition) is 1. The predicted octanol–water partition coefficient (Wildman–Crippen LogP) is 2.67. The Morgan fingerprint density at radius 1 is 1.17 bits per heavy atom. The third kappa shape index (κ3) is 1.19. The lowest BCUT2D eigenvalue weighted by Crippen LogP contribution is -2.29. The molecular formula is C11H23N. The van der Waals surface area contributed by atoms with Crippen LogP contribution in [0.25, 0.3) is 0 Å². The van der Waals surface area contributed by atoms with Crippen LogP contribution in [0.2, 0.25) is 0 Å². The second kappa shape index (κ2) is 2.73. The lowest BCUT2D eigenvalue weighted by Gasteiger charge is -2.13. The van der Waals surface area contributed by atoms with Crippen LogP contribution in [0.15, 0.2) is 0 Å². The Labute approximate surface area is 76.9 Å². The van der Waals surface area contributed by atoms with E-state index in [1.165, 1.54) is 0 Å². The van der Waals surface area contributed by atoms with Gasteiger partial charge in [-0.05, 0) is 30.2 Å². The topological polar surface area (TPSA) is 12.0 Å². The van der Waals surface area contributed by atoms with Crippen molar-refractivity contribution in [1.82, 2.24) is 5.32 Å². The largest absolute Gasteiger partial charge is 0.314 e. The molecule has 0 aliphatic heterocycles. The van der Waals surface area contributed by atoms with Crippen molar-refractivity contribution in [1.29, 1.82) is 0 Å². The van der Waals surface area contributed by atoms with Crippen molar-refractivity contribution in [3.05, 3.63) is 0 Å². The maximum atomic E-state index is 3.52. The molecule has 0 aromatic rings. The highest BCUT2D eigenvalue weighted by atomic mass is 14.9. The lowest BCUT2D eigenvalue weighted by molar-refractivity contribution is 0.433. The van der Waals surface area contributed by atoms with Gasteiger partial charge in [-0.2, -0.15) is 0 Å². The van der Waals surface area contributed by atoms with Crippen LogP contribution in [0, 0.1) is 16.7 Å². The summed E-state index contributed by atoms with van der Waals surface area (Å²) < 4.78 is 0. The minimum Gasteiger partial charge on any atom is -0.314 e. The van der Waals surface area contributed by atoms with Crippen LogP contribution in [0.4, 0.5) is 0 Å². The van der Waals surface area contributed by atoms with Gasteiger partial charge in [0, 0.05) is 6.04 Å². The second-order valence-electron chi connectivity index (χ2n) is 5.27. The zero-order chi connectivity index (χ0) is 9.57. The van der Waals surface area contributed by atoms with Crippen molar-refractivity contribution in [3.8, 4) is 0 Å². The maximum Gasteiger partial charge on any atom is 0.00774 e. The fraction of sp³-hybridized carbons (Fsp3) is 1.00. The molecule has 1 aliphatic carbocycles. The Bertz CT molecular complexity index is 156. The Kier molecular flexibility index (Phi) is 2.28. The van der Waals surface area contributed by atoms with E-state index in [1.54, 1.807) is 0 Å². The molecule has 12 heavy (non-hydrogen) atoms. The van der Waals surface area contributed by atoms with Gasteiger partial charge in [-0.3, -0.25) is 0 Å². The molecule has 72 valence electrons. The van der Waals surface area contributed by atoms with Crippen molar-refractivity contribution in [2.45, 2.75) is 47.6 Å². The van der Waals surface area contributed by atoms with Gasteiger partial charge in [0.2, 0.25) is 0 Å². The van der Waals surface area contributed by atoms with Gasteiger partial charge in [0.25, 0.3) is 0 Å². The normalized spacial score (nSPS) is 28.5. The highest BCUT2D eigenvalue weighted by Gasteiger charge is 2.65. The number of hydrogen-bond acceptors (Lipinski definition) is 1. The van der Waals surface area contributed by atoms with Crippen molar-refractivity contribution >= 4 is 0 Å². The second-order valence-corrected chi connectivity index (χ2v) is 5.27. The summed E-state index contributed by atoms with van der Waals surface area (Å²) in [5.41, 5.74) is 1.04. The molecule has 1 saturated carbocycles. The molecule has 1 N–H and O–H groups in total. The first-order valence-corrected chi connectivity index (χ1v) is 5.09. The van der Waals surface area contributed by atoms with Gasteiger partial charge in [-0.25, -0.2) is 0 Å². The third-order valence-electron chi connectivity index (χ3n) is 4.16. The summed E-state index contributed by atoms with van der Waals surface area (Å²) in [4.78, 5) is 0. The first-order chi connectivity index (χ1) is 5.35. The fourth-order valence-corrected chi connectivity index (χ4v) is 2.94. The molecule has 0 spiro atoms. The third-order valence-corrected chi connectivity index (χ3v) is 4.16. The predicted molar refractivity (Wildman–Crippen MR) is 54.2 cm³/mol. The number of nitrogens with one attached hydrogen (secondary N) is 1. The van der Waals surface area contributed by atoms with Gasteiger partial charge < -0.3 is 5.32 Å². The molecule has 1 heteroatoms. The van der Waals surface area contributed by atoms with Gasteiger partial charge in [-0.1, -0.05) is 34.6 Å². The van der Waals surface area contributed by atoms with Crippen LogP contribution in [0.3, 0.4) is 0 Å². The summed E-state index contributed by atoms with van der Waals surface area (Å²) in [5.74, 6) is 0.838. The maximum absolute atomic E-state index is 3.52. The van der Waals surface area contributed by atoms with Crippen molar-refractivity contribution in [2.75, 3.05) is 6.54 Å². The Hall–Kier alpha value is -0.0400. The summed E-state index contributed by atoms with van der Waals surface area (Å²) in [6.07, 6.45) is 0. The summed E-state index contributed by atoms with van der Waals surface area (Å²) in [6, 6.07) is 0.667. The minimum atomic E-state index is 0.522. The Morgan fingerprint density at radius 2 is 1.58 bits per heavy atom. The van der Waals surface area contributed by atoms with Gasteiger partial charge in [-0.15, -0.1) is 0 Å². The van der Waals surface area contributed by atoms with Crippen LogP contribution >= 0.6 is 0 Å². The smallest absolute Gasteiger partial charge is 0.00774 e. The highest BCUT2D eigenvalue weighted by Crippen LogP contribution is 2.69. The van der Waals surface area contributed by atoms with Gasteiger partial charge in [0.1, 0.15) is 0 Å². The van der Waals surface area contributed by atoms with Crippen molar-refractivity contribution < 1.29 is 0 Å². The average Bonchev–Trinajstić information content (AvgIpc) is 2.24. The van der Waals surface area contributed by atoms with Crippen molar-refractivity contribution in [2.24, 2.45) is 16.7 Å². The standard InChI is InChI=1S/C11H23N/c1-7-12-8(2)9-10(3,4)11(9,5)6/h8-9,12H,7H2,1-6H3. The zero-order valence-corrected chi connectivity index (χ0v) is 9.36. The van der Waals surface area contributed by atoms with E-state index in [0.717, 1.165) is 12.5 Å². The van der Waals surface area contributed by atoms with Crippen LogP contribution in [-0.2, 0) is 0 Å². The van der Waals surface area contributed by atoms with Gasteiger partial charge in [0.15, 0.2) is 0 Å². The molecule has 0 aromatic heterocycles. The molecular weight excluding hydrogens is 146 g/mol. The van der Waals surface area contributed by atoms with Crippen LogP contribution in [-0.4, -0.2) is 12.6 Å². The monoisotopic (exact) mass is 169 g/mol. The van der Waals surface area contributed by atoms with E-state index in [0.29, 0.717) is 16.9 Å². The van der Waals surface area contributed by atoms with Crippen LogP contribution in [0.5, 0.6) is 0 Å². The van der Waals surface area contributed by atoms with E-state index in [1.807, 2.05) is 0 Å². The van der Waals surface area contributed by atoms with E-state index in [-0.39, 0.29) is 0 Å².